The molecule has 0 atom stereocenters. The van der Waals surface area contributed by atoms with Crippen LogP contribution in [-0.2, 0) is 11.0 Å². The monoisotopic (exact) mass is 320 g/mol. The number of rotatable bonds is 1. The van der Waals surface area contributed by atoms with Crippen molar-refractivity contribution in [3.63, 3.8) is 0 Å². The molecule has 0 amide bonds. The van der Waals surface area contributed by atoms with E-state index in [1.165, 1.54) is 0 Å². The SMILES string of the molecule is FC(F)(F)C(F)(F)C(F)(F)C(F)(F)F.O=[SH](=O)O. The Kier molecular flexibility index (Phi) is 5.93. The Labute approximate surface area is 93.2 Å². The first kappa shape index (κ1) is 19.5. The Morgan fingerprint density at radius 1 is 0.611 bits per heavy atom. The molecule has 1 N–H and O–H groups in total. The average molecular weight is 320 g/mol. The summed E-state index contributed by atoms with van der Waals surface area (Å²) in [5.74, 6) is -14.3. The van der Waals surface area contributed by atoms with Crippen LogP contribution < -0.4 is 0 Å². The third-order valence-electron chi connectivity index (χ3n) is 1.11. The molecule has 0 fully saturated rings. The molecule has 0 aliphatic rings. The molecule has 0 aromatic carbocycles. The van der Waals surface area contributed by atoms with Gasteiger partial charge in [0.1, 0.15) is 0 Å². The standard InChI is InChI=1S/C4F10.H2O3S/c5-1(6,3(9,10)11)2(7,8)4(12,13)14;1-4(2)3/h;4H,(H,1,2,3). The van der Waals surface area contributed by atoms with Crippen molar-refractivity contribution in [2.45, 2.75) is 24.2 Å². The topological polar surface area (TPSA) is 54.4 Å². The summed E-state index contributed by atoms with van der Waals surface area (Å²) in [5, 5.41) is 0. The molecule has 0 bridgehead atoms. The normalized spacial score (nSPS) is 14.2. The first-order chi connectivity index (χ1) is 7.48. The van der Waals surface area contributed by atoms with Gasteiger partial charge >= 0.3 is 24.2 Å². The van der Waals surface area contributed by atoms with Crippen LogP contribution in [0.3, 0.4) is 0 Å². The lowest BCUT2D eigenvalue weighted by molar-refractivity contribution is -0.419. The van der Waals surface area contributed by atoms with E-state index < -0.39 is 35.2 Å². The second-order valence-electron chi connectivity index (χ2n) is 2.38. The maximum absolute atomic E-state index is 11.6. The molecule has 18 heavy (non-hydrogen) atoms. The fraction of sp³-hybridized carbons (Fsp3) is 1.00. The second kappa shape index (κ2) is 5.46. The lowest BCUT2D eigenvalue weighted by atomic mass is 10.1. The van der Waals surface area contributed by atoms with Crippen LogP contribution in [0, 0.1) is 0 Å². The van der Waals surface area contributed by atoms with Gasteiger partial charge in [-0.3, -0.25) is 4.55 Å². The van der Waals surface area contributed by atoms with Crippen LogP contribution in [0.1, 0.15) is 0 Å². The summed E-state index contributed by atoms with van der Waals surface area (Å²) >= 11 is 0. The Hall–Kier alpha value is -0.790. The molecule has 0 aromatic rings. The summed E-state index contributed by atoms with van der Waals surface area (Å²) < 4.78 is 137. The minimum Gasteiger partial charge on any atom is -0.288 e. The molecule has 0 saturated carbocycles. The molecule has 0 radical (unpaired) electrons. The first-order valence-corrected chi connectivity index (χ1v) is 4.34. The molecule has 112 valence electrons. The summed E-state index contributed by atoms with van der Waals surface area (Å²) in [7, 11) is -3.12. The lowest BCUT2D eigenvalue weighted by Crippen LogP contribution is -2.59. The molecule has 0 unspecified atom stereocenters. The Bertz CT molecular complexity index is 306. The van der Waals surface area contributed by atoms with Gasteiger partial charge < -0.3 is 0 Å². The summed E-state index contributed by atoms with van der Waals surface area (Å²) in [6, 6.07) is 0. The number of hydrogen-bond donors (Lipinski definition) is 2. The largest absolute Gasteiger partial charge is 0.460 e. The molecule has 0 aliphatic carbocycles. The number of alkyl halides is 10. The highest BCUT2D eigenvalue weighted by atomic mass is 32.2. The zero-order valence-electron chi connectivity index (χ0n) is 7.49. The van der Waals surface area contributed by atoms with Gasteiger partial charge in [0.05, 0.1) is 0 Å². The van der Waals surface area contributed by atoms with E-state index in [4.69, 9.17) is 13.0 Å². The van der Waals surface area contributed by atoms with E-state index in [-0.39, 0.29) is 0 Å². The van der Waals surface area contributed by atoms with E-state index in [0.29, 0.717) is 0 Å². The van der Waals surface area contributed by atoms with Gasteiger partial charge in [0.2, 0.25) is 0 Å². The van der Waals surface area contributed by atoms with Crippen LogP contribution in [0.4, 0.5) is 43.9 Å². The third-order valence-corrected chi connectivity index (χ3v) is 1.11. The van der Waals surface area contributed by atoms with E-state index in [0.717, 1.165) is 0 Å². The van der Waals surface area contributed by atoms with Crippen molar-refractivity contribution in [1.82, 2.24) is 0 Å². The number of halogens is 10. The zero-order chi connectivity index (χ0) is 15.6. The minimum atomic E-state index is -7.14. The van der Waals surface area contributed by atoms with Crippen molar-refractivity contribution in [2.75, 3.05) is 0 Å². The fourth-order valence-electron chi connectivity index (χ4n) is 0.356. The van der Waals surface area contributed by atoms with Crippen LogP contribution in [0.15, 0.2) is 0 Å². The van der Waals surface area contributed by atoms with Crippen molar-refractivity contribution in [3.05, 3.63) is 0 Å². The maximum atomic E-state index is 11.6. The van der Waals surface area contributed by atoms with Gasteiger partial charge in [-0.1, -0.05) is 0 Å². The van der Waals surface area contributed by atoms with Gasteiger partial charge in [-0.05, 0) is 0 Å². The summed E-state index contributed by atoms with van der Waals surface area (Å²) in [6.07, 6.45) is -13.9. The van der Waals surface area contributed by atoms with Crippen molar-refractivity contribution >= 4 is 11.0 Å². The molecular formula is C4H2F10O3S. The van der Waals surface area contributed by atoms with Crippen LogP contribution in [0.2, 0.25) is 0 Å². The quantitative estimate of drug-likeness (QED) is 0.443. The smallest absolute Gasteiger partial charge is 0.288 e. The molecular weight excluding hydrogens is 318 g/mol. The third kappa shape index (κ3) is 4.47. The van der Waals surface area contributed by atoms with Crippen molar-refractivity contribution < 1.29 is 56.9 Å². The summed E-state index contributed by atoms with van der Waals surface area (Å²) in [5.41, 5.74) is 0. The van der Waals surface area contributed by atoms with Gasteiger partial charge in [-0.25, -0.2) is 8.42 Å². The zero-order valence-corrected chi connectivity index (χ0v) is 8.38. The summed E-state index contributed by atoms with van der Waals surface area (Å²) in [6.45, 7) is 0. The number of hydrogen-bond acceptors (Lipinski definition) is 2. The van der Waals surface area contributed by atoms with E-state index in [2.05, 4.69) is 0 Å². The predicted octanol–water partition coefficient (Wildman–Crippen LogP) is 2.45. The molecule has 0 spiro atoms. The van der Waals surface area contributed by atoms with E-state index in [9.17, 15) is 43.9 Å². The molecule has 14 heteroatoms. The van der Waals surface area contributed by atoms with Crippen LogP contribution in [-0.4, -0.2) is 37.2 Å². The fourth-order valence-corrected chi connectivity index (χ4v) is 0.356. The Morgan fingerprint density at radius 2 is 0.722 bits per heavy atom. The van der Waals surface area contributed by atoms with Crippen LogP contribution in [0.5, 0.6) is 0 Å². The van der Waals surface area contributed by atoms with Gasteiger partial charge in [0.25, 0.3) is 11.0 Å². The van der Waals surface area contributed by atoms with Gasteiger partial charge in [-0.15, -0.1) is 0 Å². The highest BCUT2D eigenvalue weighted by Gasteiger charge is 2.82. The van der Waals surface area contributed by atoms with E-state index >= 15 is 0 Å². The highest BCUT2D eigenvalue weighted by molar-refractivity contribution is 7.66. The Morgan fingerprint density at radius 3 is 0.778 bits per heavy atom. The van der Waals surface area contributed by atoms with E-state index in [1.54, 1.807) is 0 Å². The molecule has 0 aliphatic heterocycles. The predicted molar refractivity (Wildman–Crippen MR) is 34.9 cm³/mol. The van der Waals surface area contributed by atoms with Gasteiger partial charge in [-0.2, -0.15) is 43.9 Å². The van der Waals surface area contributed by atoms with Crippen molar-refractivity contribution in [2.24, 2.45) is 0 Å². The van der Waals surface area contributed by atoms with Gasteiger partial charge in [0.15, 0.2) is 0 Å². The minimum absolute atomic E-state index is 3.12. The van der Waals surface area contributed by atoms with E-state index in [1.807, 2.05) is 0 Å². The van der Waals surface area contributed by atoms with Crippen LogP contribution >= 0.6 is 0 Å². The Balaban J connectivity index is 0. The second-order valence-corrected chi connectivity index (χ2v) is 2.86. The maximum Gasteiger partial charge on any atom is 0.460 e. The van der Waals surface area contributed by atoms with Gasteiger partial charge in [0, 0.05) is 0 Å². The molecule has 0 aromatic heterocycles. The molecule has 0 saturated heterocycles. The average Bonchev–Trinajstić information content (AvgIpc) is 1.97. The molecule has 0 rings (SSSR count). The van der Waals surface area contributed by atoms with Crippen molar-refractivity contribution in [3.8, 4) is 0 Å². The molecule has 3 nitrogen and oxygen atoms in total. The summed E-state index contributed by atoms with van der Waals surface area (Å²) in [4.78, 5) is 0. The molecule has 0 heterocycles. The first-order valence-electron chi connectivity index (χ1n) is 3.20. The van der Waals surface area contributed by atoms with Crippen molar-refractivity contribution in [1.29, 1.82) is 0 Å². The number of thiol groups is 1. The highest BCUT2D eigenvalue weighted by Crippen LogP contribution is 2.53. The van der Waals surface area contributed by atoms with Crippen LogP contribution in [0.25, 0.3) is 0 Å². The lowest BCUT2D eigenvalue weighted by Gasteiger charge is -2.29.